The standard InChI is InChI=1S/C25H23NO4S/c1-4-16-7-9-17(10-8-16)26-22(20-6-5-13-31-20)21(24(28)25(26)29)23(27)19-12-11-18(30-3)14-15(19)2/h5-14,22,27H,4H2,1-3H3/b23-21-. The van der Waals surface area contributed by atoms with E-state index < -0.39 is 17.7 Å². The second-order valence-electron chi connectivity index (χ2n) is 7.39. The molecule has 1 aliphatic heterocycles. The molecule has 5 nitrogen and oxygen atoms in total. The number of nitrogens with zero attached hydrogens (tertiary/aromatic N) is 1. The van der Waals surface area contributed by atoms with Gasteiger partial charge in [0, 0.05) is 16.1 Å². The first-order valence-electron chi connectivity index (χ1n) is 10.0. The molecule has 1 fully saturated rings. The lowest BCUT2D eigenvalue weighted by molar-refractivity contribution is -0.132. The fourth-order valence-corrected chi connectivity index (χ4v) is 4.70. The molecule has 0 saturated carbocycles. The van der Waals surface area contributed by atoms with Crippen LogP contribution in [0.4, 0.5) is 5.69 Å². The van der Waals surface area contributed by atoms with Crippen molar-refractivity contribution in [1.29, 1.82) is 0 Å². The largest absolute Gasteiger partial charge is 0.507 e. The van der Waals surface area contributed by atoms with Crippen molar-refractivity contribution >= 4 is 34.5 Å². The van der Waals surface area contributed by atoms with Crippen LogP contribution in [-0.4, -0.2) is 23.9 Å². The summed E-state index contributed by atoms with van der Waals surface area (Å²) >= 11 is 1.45. The smallest absolute Gasteiger partial charge is 0.300 e. The molecule has 1 aliphatic rings. The van der Waals surface area contributed by atoms with Crippen LogP contribution in [0, 0.1) is 6.92 Å². The number of hydrogen-bond acceptors (Lipinski definition) is 5. The number of aliphatic hydroxyl groups excluding tert-OH is 1. The maximum atomic E-state index is 13.1. The van der Waals surface area contributed by atoms with Crippen LogP contribution >= 0.6 is 11.3 Å². The minimum Gasteiger partial charge on any atom is -0.507 e. The number of ketones is 1. The van der Waals surface area contributed by atoms with E-state index in [-0.39, 0.29) is 11.3 Å². The third kappa shape index (κ3) is 3.64. The number of carbonyl (C=O) groups excluding carboxylic acids is 2. The zero-order chi connectivity index (χ0) is 22.1. The molecule has 1 saturated heterocycles. The highest BCUT2D eigenvalue weighted by Gasteiger charge is 2.47. The molecule has 2 aromatic carbocycles. The van der Waals surface area contributed by atoms with Gasteiger partial charge >= 0.3 is 0 Å². The number of rotatable bonds is 5. The Kier molecular flexibility index (Phi) is 5.65. The van der Waals surface area contributed by atoms with Crippen LogP contribution in [0.2, 0.25) is 0 Å². The van der Waals surface area contributed by atoms with E-state index in [4.69, 9.17) is 4.74 Å². The Hall–Kier alpha value is -3.38. The van der Waals surface area contributed by atoms with Crippen molar-refractivity contribution in [3.63, 3.8) is 0 Å². The van der Waals surface area contributed by atoms with Gasteiger partial charge in [0.2, 0.25) is 0 Å². The summed E-state index contributed by atoms with van der Waals surface area (Å²) in [7, 11) is 1.57. The number of thiophene rings is 1. The fraction of sp³-hybridized carbons (Fsp3) is 0.200. The Morgan fingerprint density at radius 1 is 1.13 bits per heavy atom. The van der Waals surface area contributed by atoms with Crippen molar-refractivity contribution in [3.8, 4) is 5.75 Å². The number of aliphatic hydroxyl groups is 1. The number of carbonyl (C=O) groups is 2. The molecule has 31 heavy (non-hydrogen) atoms. The highest BCUT2D eigenvalue weighted by Crippen LogP contribution is 2.44. The molecule has 0 radical (unpaired) electrons. The number of hydrogen-bond donors (Lipinski definition) is 1. The Morgan fingerprint density at radius 3 is 2.45 bits per heavy atom. The predicted molar refractivity (Wildman–Crippen MR) is 123 cm³/mol. The first kappa shape index (κ1) is 20.9. The van der Waals surface area contributed by atoms with Gasteiger partial charge in [-0.25, -0.2) is 0 Å². The van der Waals surface area contributed by atoms with Gasteiger partial charge in [-0.15, -0.1) is 11.3 Å². The average molecular weight is 434 g/mol. The maximum Gasteiger partial charge on any atom is 0.300 e. The average Bonchev–Trinajstić information content (AvgIpc) is 3.40. The molecule has 1 aromatic heterocycles. The maximum absolute atomic E-state index is 13.1. The summed E-state index contributed by atoms with van der Waals surface area (Å²) in [4.78, 5) is 28.5. The van der Waals surface area contributed by atoms with Crippen LogP contribution in [0.3, 0.4) is 0 Å². The van der Waals surface area contributed by atoms with E-state index in [0.717, 1.165) is 22.4 Å². The molecule has 1 amide bonds. The lowest BCUT2D eigenvalue weighted by Crippen LogP contribution is -2.29. The fourth-order valence-electron chi connectivity index (χ4n) is 3.88. The van der Waals surface area contributed by atoms with Gasteiger partial charge in [-0.2, -0.15) is 0 Å². The summed E-state index contributed by atoms with van der Waals surface area (Å²) < 4.78 is 5.24. The van der Waals surface area contributed by atoms with E-state index in [1.165, 1.54) is 16.2 Å². The summed E-state index contributed by atoms with van der Waals surface area (Å²) in [6.07, 6.45) is 0.879. The molecule has 6 heteroatoms. The van der Waals surface area contributed by atoms with Gasteiger partial charge in [-0.1, -0.05) is 25.1 Å². The molecular formula is C25H23NO4S. The van der Waals surface area contributed by atoms with Gasteiger partial charge in [0.1, 0.15) is 17.6 Å². The minimum absolute atomic E-state index is 0.0975. The molecule has 0 bridgehead atoms. The molecule has 1 atom stereocenters. The number of Topliss-reactive ketones (excluding diaryl/α,β-unsaturated/α-hetero) is 1. The Bertz CT molecular complexity index is 1160. The van der Waals surface area contributed by atoms with Gasteiger partial charge in [-0.05, 0) is 66.2 Å². The topological polar surface area (TPSA) is 66.8 Å². The normalized spacial score (nSPS) is 17.9. The van der Waals surface area contributed by atoms with E-state index in [0.29, 0.717) is 17.0 Å². The van der Waals surface area contributed by atoms with Crippen molar-refractivity contribution in [1.82, 2.24) is 0 Å². The van der Waals surface area contributed by atoms with E-state index in [2.05, 4.69) is 6.92 Å². The summed E-state index contributed by atoms with van der Waals surface area (Å²) in [5.74, 6) is -0.856. The van der Waals surface area contributed by atoms with Crippen LogP contribution in [0.15, 0.2) is 65.6 Å². The Labute approximate surface area is 185 Å². The highest BCUT2D eigenvalue weighted by atomic mass is 32.1. The molecule has 1 N–H and O–H groups in total. The predicted octanol–water partition coefficient (Wildman–Crippen LogP) is 5.25. The minimum atomic E-state index is -0.689. The highest BCUT2D eigenvalue weighted by molar-refractivity contribution is 7.10. The summed E-state index contributed by atoms with van der Waals surface area (Å²) in [6, 6.07) is 15.9. The van der Waals surface area contributed by atoms with E-state index in [1.807, 2.05) is 48.7 Å². The molecule has 158 valence electrons. The number of anilines is 1. The van der Waals surface area contributed by atoms with E-state index in [1.54, 1.807) is 25.3 Å². The first-order chi connectivity index (χ1) is 15.0. The SMILES string of the molecule is CCc1ccc(N2C(=O)C(=O)/C(=C(\O)c3ccc(OC)cc3C)C2c2cccs2)cc1. The van der Waals surface area contributed by atoms with Crippen LogP contribution in [-0.2, 0) is 16.0 Å². The molecule has 0 aliphatic carbocycles. The van der Waals surface area contributed by atoms with E-state index in [9.17, 15) is 14.7 Å². The second-order valence-corrected chi connectivity index (χ2v) is 8.36. The van der Waals surface area contributed by atoms with Crippen LogP contribution in [0.1, 0.15) is 34.5 Å². The number of methoxy groups -OCH3 is 1. The quantitative estimate of drug-likeness (QED) is 0.339. The lowest BCUT2D eigenvalue weighted by atomic mass is 9.97. The lowest BCUT2D eigenvalue weighted by Gasteiger charge is -2.24. The molecule has 3 aromatic rings. The van der Waals surface area contributed by atoms with Crippen molar-refractivity contribution < 1.29 is 19.4 Å². The van der Waals surface area contributed by atoms with Gasteiger partial charge in [0.05, 0.1) is 12.7 Å². The number of aryl methyl sites for hydroxylation is 2. The Balaban J connectivity index is 1.89. The van der Waals surface area contributed by atoms with Gasteiger partial charge in [0.15, 0.2) is 0 Å². The van der Waals surface area contributed by atoms with Gasteiger partial charge in [0.25, 0.3) is 11.7 Å². The molecule has 2 heterocycles. The van der Waals surface area contributed by atoms with E-state index >= 15 is 0 Å². The summed E-state index contributed by atoms with van der Waals surface area (Å²) in [5, 5.41) is 13.1. The van der Waals surface area contributed by atoms with Crippen molar-refractivity contribution in [2.24, 2.45) is 0 Å². The molecule has 0 spiro atoms. The van der Waals surface area contributed by atoms with Crippen molar-refractivity contribution in [3.05, 3.63) is 87.1 Å². The van der Waals surface area contributed by atoms with Crippen molar-refractivity contribution in [2.45, 2.75) is 26.3 Å². The number of ether oxygens (including phenoxy) is 1. The summed E-state index contributed by atoms with van der Waals surface area (Å²) in [5.41, 5.74) is 3.12. The second kappa shape index (κ2) is 8.40. The third-order valence-electron chi connectivity index (χ3n) is 5.57. The first-order valence-corrected chi connectivity index (χ1v) is 10.9. The van der Waals surface area contributed by atoms with Crippen LogP contribution < -0.4 is 9.64 Å². The summed E-state index contributed by atoms with van der Waals surface area (Å²) in [6.45, 7) is 3.89. The molecular weight excluding hydrogens is 410 g/mol. The zero-order valence-corrected chi connectivity index (χ0v) is 18.4. The number of benzene rings is 2. The monoisotopic (exact) mass is 433 g/mol. The van der Waals surface area contributed by atoms with Gasteiger partial charge in [-0.3, -0.25) is 14.5 Å². The zero-order valence-electron chi connectivity index (χ0n) is 17.6. The number of amides is 1. The van der Waals surface area contributed by atoms with Crippen molar-refractivity contribution in [2.75, 3.05) is 12.0 Å². The molecule has 1 unspecified atom stereocenters. The van der Waals surface area contributed by atoms with Crippen LogP contribution in [0.5, 0.6) is 5.75 Å². The molecule has 4 rings (SSSR count). The Morgan fingerprint density at radius 2 is 1.87 bits per heavy atom. The third-order valence-corrected chi connectivity index (χ3v) is 6.49. The van der Waals surface area contributed by atoms with Gasteiger partial charge < -0.3 is 9.84 Å². The van der Waals surface area contributed by atoms with Crippen LogP contribution in [0.25, 0.3) is 5.76 Å².